The Bertz CT molecular complexity index is 362. The maximum atomic E-state index is 5.28. The third-order valence-corrected chi connectivity index (χ3v) is 3.56. The van der Waals surface area contributed by atoms with E-state index in [1.54, 1.807) is 7.11 Å². The molecule has 0 spiro atoms. The van der Waals surface area contributed by atoms with Gasteiger partial charge < -0.3 is 9.64 Å². The Hall–Kier alpha value is -1.18. The fourth-order valence-electron chi connectivity index (χ4n) is 2.41. The number of benzene rings is 1. The third kappa shape index (κ3) is 2.01. The molecule has 1 aliphatic heterocycles. The number of methoxy groups -OCH3 is 1. The van der Waals surface area contributed by atoms with E-state index in [4.69, 9.17) is 4.74 Å². The summed E-state index contributed by atoms with van der Waals surface area (Å²) in [5.74, 6) is 0.977. The van der Waals surface area contributed by atoms with Gasteiger partial charge in [0.25, 0.3) is 0 Å². The van der Waals surface area contributed by atoms with Crippen LogP contribution in [0.2, 0.25) is 0 Å². The summed E-state index contributed by atoms with van der Waals surface area (Å²) in [5.41, 5.74) is 2.84. The fraction of sp³-hybridized carbons (Fsp3) is 0.571. The first-order valence-electron chi connectivity index (χ1n) is 6.19. The van der Waals surface area contributed by atoms with Gasteiger partial charge >= 0.3 is 0 Å². The van der Waals surface area contributed by atoms with Gasteiger partial charge in [0.2, 0.25) is 0 Å². The number of hydrogen-bond acceptors (Lipinski definition) is 2. The molecule has 0 bridgehead atoms. The van der Waals surface area contributed by atoms with Gasteiger partial charge in [0.05, 0.1) is 7.11 Å². The Labute approximate surface area is 98.2 Å². The van der Waals surface area contributed by atoms with Crippen molar-refractivity contribution in [3.8, 4) is 5.75 Å². The number of ether oxygens (including phenoxy) is 1. The summed E-state index contributed by atoms with van der Waals surface area (Å²) in [6.45, 7) is 5.75. The maximum Gasteiger partial charge on any atom is 0.119 e. The highest BCUT2D eigenvalue weighted by Crippen LogP contribution is 2.32. The van der Waals surface area contributed by atoms with Crippen LogP contribution >= 0.6 is 0 Å². The number of nitrogens with zero attached hydrogens (tertiary/aromatic N) is 1. The van der Waals surface area contributed by atoms with Crippen molar-refractivity contribution >= 4 is 5.69 Å². The van der Waals surface area contributed by atoms with Crippen LogP contribution in [0.15, 0.2) is 18.2 Å². The average molecular weight is 219 g/mol. The molecule has 0 aliphatic carbocycles. The topological polar surface area (TPSA) is 12.5 Å². The predicted molar refractivity (Wildman–Crippen MR) is 68.4 cm³/mol. The maximum absolute atomic E-state index is 5.28. The van der Waals surface area contributed by atoms with Gasteiger partial charge in [-0.2, -0.15) is 0 Å². The van der Waals surface area contributed by atoms with Crippen LogP contribution in [-0.4, -0.2) is 19.7 Å². The lowest BCUT2D eigenvalue weighted by Gasteiger charge is -2.36. The molecule has 1 aromatic carbocycles. The van der Waals surface area contributed by atoms with Crippen molar-refractivity contribution in [1.29, 1.82) is 0 Å². The molecule has 2 heteroatoms. The fourth-order valence-corrected chi connectivity index (χ4v) is 2.41. The van der Waals surface area contributed by atoms with Gasteiger partial charge in [0, 0.05) is 18.3 Å². The number of hydrogen-bond donors (Lipinski definition) is 0. The van der Waals surface area contributed by atoms with E-state index in [0.717, 1.165) is 5.75 Å². The average Bonchev–Trinajstić information content (AvgIpc) is 2.36. The molecular weight excluding hydrogens is 198 g/mol. The molecule has 2 nitrogen and oxygen atoms in total. The molecule has 1 aromatic rings. The molecule has 1 atom stereocenters. The minimum absolute atomic E-state index is 0.632. The van der Waals surface area contributed by atoms with Crippen LogP contribution in [0.4, 0.5) is 5.69 Å². The Kier molecular flexibility index (Phi) is 3.37. The minimum Gasteiger partial charge on any atom is -0.497 e. The zero-order chi connectivity index (χ0) is 11.5. The molecule has 2 rings (SSSR count). The second kappa shape index (κ2) is 4.77. The molecule has 16 heavy (non-hydrogen) atoms. The minimum atomic E-state index is 0.632. The standard InChI is InChI=1S/C14H21NO/c1-4-11(2)15-9-5-6-12-10-13(16-3)7-8-14(12)15/h7-8,10-11H,4-6,9H2,1-3H3. The molecule has 0 amide bonds. The number of fused-ring (bicyclic) bond motifs is 1. The second-order valence-corrected chi connectivity index (χ2v) is 4.55. The van der Waals surface area contributed by atoms with Crippen molar-refractivity contribution in [1.82, 2.24) is 0 Å². The highest BCUT2D eigenvalue weighted by molar-refractivity contribution is 5.58. The van der Waals surface area contributed by atoms with E-state index in [0.29, 0.717) is 6.04 Å². The van der Waals surface area contributed by atoms with Gasteiger partial charge in [0.1, 0.15) is 5.75 Å². The van der Waals surface area contributed by atoms with Crippen LogP contribution in [0, 0.1) is 0 Å². The Morgan fingerprint density at radius 3 is 2.94 bits per heavy atom. The second-order valence-electron chi connectivity index (χ2n) is 4.55. The van der Waals surface area contributed by atoms with Crippen LogP contribution < -0.4 is 9.64 Å². The molecular formula is C14H21NO. The first-order chi connectivity index (χ1) is 7.76. The van der Waals surface area contributed by atoms with E-state index in [1.807, 2.05) is 0 Å². The van der Waals surface area contributed by atoms with Crippen LogP contribution in [0.25, 0.3) is 0 Å². The van der Waals surface area contributed by atoms with Crippen LogP contribution in [0.3, 0.4) is 0 Å². The zero-order valence-corrected chi connectivity index (χ0v) is 10.5. The normalized spacial score (nSPS) is 16.8. The molecule has 1 heterocycles. The van der Waals surface area contributed by atoms with Gasteiger partial charge in [0.15, 0.2) is 0 Å². The van der Waals surface area contributed by atoms with E-state index in [2.05, 4.69) is 36.9 Å². The van der Waals surface area contributed by atoms with Crippen molar-refractivity contribution < 1.29 is 4.74 Å². The van der Waals surface area contributed by atoms with E-state index < -0.39 is 0 Å². The molecule has 0 saturated heterocycles. The molecule has 1 aliphatic rings. The Morgan fingerprint density at radius 1 is 1.44 bits per heavy atom. The third-order valence-electron chi connectivity index (χ3n) is 3.56. The van der Waals surface area contributed by atoms with Gasteiger partial charge in [-0.3, -0.25) is 0 Å². The first-order valence-corrected chi connectivity index (χ1v) is 6.19. The summed E-state index contributed by atoms with van der Waals surface area (Å²) in [6.07, 6.45) is 3.63. The summed E-state index contributed by atoms with van der Waals surface area (Å²) >= 11 is 0. The van der Waals surface area contributed by atoms with Gasteiger partial charge in [-0.1, -0.05) is 6.92 Å². The zero-order valence-electron chi connectivity index (χ0n) is 10.5. The van der Waals surface area contributed by atoms with Gasteiger partial charge in [-0.15, -0.1) is 0 Å². The summed E-state index contributed by atoms with van der Waals surface area (Å²) < 4.78 is 5.28. The SMILES string of the molecule is CCC(C)N1CCCc2cc(OC)ccc21. The van der Waals surface area contributed by atoms with Crippen molar-refractivity contribution in [3.63, 3.8) is 0 Å². The molecule has 0 fully saturated rings. The Morgan fingerprint density at radius 2 is 2.25 bits per heavy atom. The van der Waals surface area contributed by atoms with Crippen molar-refractivity contribution in [2.75, 3.05) is 18.6 Å². The first kappa shape index (κ1) is 11.3. The Balaban J connectivity index is 2.32. The van der Waals surface area contributed by atoms with Gasteiger partial charge in [-0.05, 0) is 49.9 Å². The van der Waals surface area contributed by atoms with Gasteiger partial charge in [-0.25, -0.2) is 0 Å². The molecule has 0 aromatic heterocycles. The van der Waals surface area contributed by atoms with Crippen LogP contribution in [0.5, 0.6) is 5.75 Å². The van der Waals surface area contributed by atoms with Crippen molar-refractivity contribution in [2.45, 2.75) is 39.2 Å². The molecule has 0 N–H and O–H groups in total. The highest BCUT2D eigenvalue weighted by atomic mass is 16.5. The molecule has 88 valence electrons. The molecule has 0 saturated carbocycles. The summed E-state index contributed by atoms with van der Waals surface area (Å²) in [7, 11) is 1.73. The summed E-state index contributed by atoms with van der Waals surface area (Å²) in [5, 5.41) is 0. The lowest BCUT2D eigenvalue weighted by Crippen LogP contribution is -2.36. The van der Waals surface area contributed by atoms with Crippen LogP contribution in [-0.2, 0) is 6.42 Å². The largest absolute Gasteiger partial charge is 0.497 e. The van der Waals surface area contributed by atoms with Crippen LogP contribution in [0.1, 0.15) is 32.3 Å². The number of anilines is 1. The molecule has 0 radical (unpaired) electrons. The molecule has 1 unspecified atom stereocenters. The number of aryl methyl sites for hydroxylation is 1. The number of rotatable bonds is 3. The lowest BCUT2D eigenvalue weighted by atomic mass is 9.99. The van der Waals surface area contributed by atoms with E-state index in [1.165, 1.54) is 37.1 Å². The van der Waals surface area contributed by atoms with Crippen molar-refractivity contribution in [2.24, 2.45) is 0 Å². The van der Waals surface area contributed by atoms with E-state index >= 15 is 0 Å². The summed E-state index contributed by atoms with van der Waals surface area (Å²) in [4.78, 5) is 2.53. The lowest BCUT2D eigenvalue weighted by molar-refractivity contribution is 0.413. The highest BCUT2D eigenvalue weighted by Gasteiger charge is 2.20. The van der Waals surface area contributed by atoms with Crippen molar-refractivity contribution in [3.05, 3.63) is 23.8 Å². The van der Waals surface area contributed by atoms with E-state index in [9.17, 15) is 0 Å². The van der Waals surface area contributed by atoms with E-state index in [-0.39, 0.29) is 0 Å². The predicted octanol–water partition coefficient (Wildman–Crippen LogP) is 3.25. The smallest absolute Gasteiger partial charge is 0.119 e. The quantitative estimate of drug-likeness (QED) is 0.773. The summed E-state index contributed by atoms with van der Waals surface area (Å²) in [6, 6.07) is 7.09. The monoisotopic (exact) mass is 219 g/mol.